The summed E-state index contributed by atoms with van der Waals surface area (Å²) < 4.78 is 18.7. The largest absolute Gasteiger partial charge is 0.462 e. The molecule has 5 heteroatoms. The van der Waals surface area contributed by atoms with Crippen molar-refractivity contribution in [3.05, 3.63) is 47.3 Å². The van der Waals surface area contributed by atoms with Gasteiger partial charge in [-0.2, -0.15) is 14.9 Å². The van der Waals surface area contributed by atoms with Crippen LogP contribution in [-0.4, -0.2) is 12.1 Å². The maximum atomic E-state index is 12.9. The highest BCUT2D eigenvalue weighted by Crippen LogP contribution is 2.37. The Kier molecular flexibility index (Phi) is 8.03. The Hall–Kier alpha value is -2.66. The van der Waals surface area contributed by atoms with Crippen LogP contribution in [0.4, 0.5) is 4.39 Å². The van der Waals surface area contributed by atoms with Crippen LogP contribution in [0.2, 0.25) is 0 Å². The van der Waals surface area contributed by atoms with Gasteiger partial charge in [0.2, 0.25) is 0 Å². The summed E-state index contributed by atoms with van der Waals surface area (Å²) in [6, 6.07) is 11.4. The first-order chi connectivity index (χ1) is 14.6. The van der Waals surface area contributed by atoms with Crippen molar-refractivity contribution in [1.29, 1.82) is 10.5 Å². The number of ether oxygens (including phenoxy) is 1. The van der Waals surface area contributed by atoms with Crippen molar-refractivity contribution in [2.24, 2.45) is 11.8 Å². The molecule has 2 aliphatic rings. The number of rotatable bonds is 6. The lowest BCUT2D eigenvalue weighted by Crippen LogP contribution is -2.29. The monoisotopic (exact) mass is 408 g/mol. The number of carbonyl (C=O) groups is 1. The minimum absolute atomic E-state index is 0.00329. The molecule has 1 aromatic rings. The van der Waals surface area contributed by atoms with Crippen LogP contribution in [0.5, 0.6) is 0 Å². The summed E-state index contributed by atoms with van der Waals surface area (Å²) in [6.45, 7) is 0. The van der Waals surface area contributed by atoms with Crippen LogP contribution in [0.3, 0.4) is 0 Å². The SMILES string of the molecule is N#C/C(F)=C\CCC1CCC(OC(=O)C2CCC(c3ccc(C#N)cc3)CC2)CC1. The highest BCUT2D eigenvalue weighted by molar-refractivity contribution is 5.72. The summed E-state index contributed by atoms with van der Waals surface area (Å²) in [5.74, 6) is 0.224. The molecule has 0 spiro atoms. The smallest absolute Gasteiger partial charge is 0.309 e. The summed E-state index contributed by atoms with van der Waals surface area (Å²) >= 11 is 0. The van der Waals surface area contributed by atoms with Gasteiger partial charge < -0.3 is 4.74 Å². The zero-order chi connectivity index (χ0) is 21.3. The Morgan fingerprint density at radius 3 is 2.30 bits per heavy atom. The van der Waals surface area contributed by atoms with Crippen LogP contribution in [0.25, 0.3) is 0 Å². The van der Waals surface area contributed by atoms with Crippen LogP contribution in [-0.2, 0) is 9.53 Å². The molecule has 1 aromatic carbocycles. The van der Waals surface area contributed by atoms with E-state index in [0.717, 1.165) is 57.8 Å². The summed E-state index contributed by atoms with van der Waals surface area (Å²) in [5, 5.41) is 17.4. The molecule has 2 saturated carbocycles. The van der Waals surface area contributed by atoms with Gasteiger partial charge in [-0.3, -0.25) is 4.79 Å². The lowest BCUT2D eigenvalue weighted by Gasteiger charge is -2.31. The number of halogens is 1. The average molecular weight is 409 g/mol. The molecule has 0 N–H and O–H groups in total. The maximum absolute atomic E-state index is 12.9. The fourth-order valence-electron chi connectivity index (χ4n) is 4.78. The van der Waals surface area contributed by atoms with E-state index in [1.807, 2.05) is 24.3 Å². The number of hydrogen-bond donors (Lipinski definition) is 0. The van der Waals surface area contributed by atoms with Gasteiger partial charge in [-0.15, -0.1) is 0 Å². The first-order valence-corrected chi connectivity index (χ1v) is 11.1. The lowest BCUT2D eigenvalue weighted by molar-refractivity contribution is -0.157. The number of nitrogens with zero attached hydrogens (tertiary/aromatic N) is 2. The Morgan fingerprint density at radius 1 is 1.03 bits per heavy atom. The van der Waals surface area contributed by atoms with E-state index in [2.05, 4.69) is 6.07 Å². The van der Waals surface area contributed by atoms with Crippen molar-refractivity contribution < 1.29 is 13.9 Å². The third-order valence-corrected chi connectivity index (χ3v) is 6.65. The molecule has 0 amide bonds. The summed E-state index contributed by atoms with van der Waals surface area (Å²) in [4.78, 5) is 12.6. The third-order valence-electron chi connectivity index (χ3n) is 6.65. The van der Waals surface area contributed by atoms with Crippen LogP contribution >= 0.6 is 0 Å². The van der Waals surface area contributed by atoms with E-state index in [1.165, 1.54) is 17.7 Å². The van der Waals surface area contributed by atoms with Crippen molar-refractivity contribution in [2.75, 3.05) is 0 Å². The van der Waals surface area contributed by atoms with Gasteiger partial charge in [0.25, 0.3) is 0 Å². The number of benzene rings is 1. The quantitative estimate of drug-likeness (QED) is 0.421. The molecule has 0 saturated heterocycles. The molecular formula is C25H29FN2O2. The lowest BCUT2D eigenvalue weighted by atomic mass is 9.78. The highest BCUT2D eigenvalue weighted by Gasteiger charge is 2.31. The highest BCUT2D eigenvalue weighted by atomic mass is 19.1. The van der Waals surface area contributed by atoms with Crippen molar-refractivity contribution in [2.45, 2.75) is 76.2 Å². The second-order valence-corrected chi connectivity index (χ2v) is 8.60. The second-order valence-electron chi connectivity index (χ2n) is 8.60. The van der Waals surface area contributed by atoms with Gasteiger partial charge in [0.1, 0.15) is 12.2 Å². The van der Waals surface area contributed by atoms with Crippen molar-refractivity contribution in [1.82, 2.24) is 0 Å². The summed E-state index contributed by atoms with van der Waals surface area (Å²) in [6.07, 6.45) is 10.3. The van der Waals surface area contributed by atoms with Gasteiger partial charge in [0.05, 0.1) is 17.6 Å². The number of hydrogen-bond acceptors (Lipinski definition) is 4. The normalized spacial score (nSPS) is 27.0. The fourth-order valence-corrected chi connectivity index (χ4v) is 4.78. The average Bonchev–Trinajstić information content (AvgIpc) is 2.80. The zero-order valence-electron chi connectivity index (χ0n) is 17.4. The van der Waals surface area contributed by atoms with Gasteiger partial charge in [0.15, 0.2) is 5.83 Å². The van der Waals surface area contributed by atoms with Crippen LogP contribution < -0.4 is 0 Å². The van der Waals surface area contributed by atoms with Crippen LogP contribution in [0.15, 0.2) is 36.2 Å². The van der Waals surface area contributed by atoms with Crippen molar-refractivity contribution in [3.63, 3.8) is 0 Å². The van der Waals surface area contributed by atoms with E-state index < -0.39 is 5.83 Å². The zero-order valence-corrected chi connectivity index (χ0v) is 17.4. The van der Waals surface area contributed by atoms with E-state index >= 15 is 0 Å². The van der Waals surface area contributed by atoms with Crippen LogP contribution in [0, 0.1) is 34.5 Å². The molecule has 4 nitrogen and oxygen atoms in total. The van der Waals surface area contributed by atoms with Gasteiger partial charge in [0, 0.05) is 0 Å². The van der Waals surface area contributed by atoms with Crippen LogP contribution in [0.1, 0.15) is 81.3 Å². The molecule has 2 fully saturated rings. The Labute approximate surface area is 178 Å². The van der Waals surface area contributed by atoms with Crippen molar-refractivity contribution >= 4 is 5.97 Å². The third kappa shape index (κ3) is 6.17. The summed E-state index contributed by atoms with van der Waals surface area (Å²) in [7, 11) is 0. The van der Waals surface area contributed by atoms with E-state index in [4.69, 9.17) is 15.3 Å². The van der Waals surface area contributed by atoms with Gasteiger partial charge >= 0.3 is 5.97 Å². The van der Waals surface area contributed by atoms with E-state index in [0.29, 0.717) is 23.8 Å². The molecule has 30 heavy (non-hydrogen) atoms. The molecule has 0 radical (unpaired) electrons. The van der Waals surface area contributed by atoms with E-state index in [-0.39, 0.29) is 18.0 Å². The predicted molar refractivity (Wildman–Crippen MR) is 112 cm³/mol. The van der Waals surface area contributed by atoms with E-state index in [9.17, 15) is 9.18 Å². The number of esters is 1. The van der Waals surface area contributed by atoms with Gasteiger partial charge in [-0.05, 0) is 99.8 Å². The molecule has 0 unspecified atom stereocenters. The molecule has 0 aromatic heterocycles. The molecule has 0 atom stereocenters. The molecule has 158 valence electrons. The number of allylic oxidation sites excluding steroid dienone is 2. The van der Waals surface area contributed by atoms with E-state index in [1.54, 1.807) is 0 Å². The number of nitriles is 2. The molecule has 3 rings (SSSR count). The first-order valence-electron chi connectivity index (χ1n) is 11.1. The number of carbonyl (C=O) groups excluding carboxylic acids is 1. The summed E-state index contributed by atoms with van der Waals surface area (Å²) in [5.41, 5.74) is 1.93. The van der Waals surface area contributed by atoms with Gasteiger partial charge in [-0.25, -0.2) is 0 Å². The Bertz CT molecular complexity index is 818. The molecule has 0 bridgehead atoms. The minimum atomic E-state index is -0.702. The topological polar surface area (TPSA) is 73.9 Å². The maximum Gasteiger partial charge on any atom is 0.309 e. The first kappa shape index (κ1) is 22.0. The molecule has 0 heterocycles. The standard InChI is InChI=1S/C25H29FN2O2/c26-23(17-28)3-1-2-18-6-14-24(15-7-18)30-25(29)22-12-10-21(11-13-22)20-8-4-19(16-27)5-9-20/h3-5,8-9,18,21-22,24H,1-2,6-7,10-15H2/b23-3+. The Balaban J connectivity index is 1.37. The molecule has 0 aliphatic heterocycles. The van der Waals surface area contributed by atoms with Crippen molar-refractivity contribution in [3.8, 4) is 12.1 Å². The minimum Gasteiger partial charge on any atom is -0.462 e. The Morgan fingerprint density at radius 2 is 1.70 bits per heavy atom. The fraction of sp³-hybridized carbons (Fsp3) is 0.560. The predicted octanol–water partition coefficient (Wildman–Crippen LogP) is 6.09. The molecule has 2 aliphatic carbocycles. The van der Waals surface area contributed by atoms with Gasteiger partial charge in [-0.1, -0.05) is 12.1 Å². The molecular weight excluding hydrogens is 379 g/mol. The second kappa shape index (κ2) is 10.9.